The molecule has 0 aliphatic heterocycles. The molecule has 0 aliphatic carbocycles. The fourth-order valence-electron chi connectivity index (χ4n) is 1.64. The predicted octanol–water partition coefficient (Wildman–Crippen LogP) is 2.13. The Morgan fingerprint density at radius 3 is 2.29 bits per heavy atom. The highest BCUT2D eigenvalue weighted by molar-refractivity contribution is 5.43. The van der Waals surface area contributed by atoms with Crippen molar-refractivity contribution in [2.45, 2.75) is 20.0 Å². The lowest BCUT2D eigenvalue weighted by molar-refractivity contribution is 0.110. The summed E-state index contributed by atoms with van der Waals surface area (Å²) in [6.45, 7) is 5.55. The van der Waals surface area contributed by atoms with Crippen molar-refractivity contribution >= 4 is 0 Å². The third-order valence-corrected chi connectivity index (χ3v) is 2.44. The van der Waals surface area contributed by atoms with Gasteiger partial charge in [-0.2, -0.15) is 0 Å². The number of rotatable bonds is 7. The minimum atomic E-state index is -0.107. The van der Waals surface area contributed by atoms with Crippen LogP contribution in [0.5, 0.6) is 11.5 Å². The summed E-state index contributed by atoms with van der Waals surface area (Å²) in [5, 5.41) is 0. The molecule has 96 valence electrons. The Morgan fingerprint density at radius 1 is 1.12 bits per heavy atom. The third-order valence-electron chi connectivity index (χ3n) is 2.44. The quantitative estimate of drug-likeness (QED) is 0.792. The van der Waals surface area contributed by atoms with Crippen LogP contribution in [0.2, 0.25) is 0 Å². The van der Waals surface area contributed by atoms with E-state index in [1.54, 1.807) is 7.11 Å². The van der Waals surface area contributed by atoms with Gasteiger partial charge in [-0.1, -0.05) is 6.07 Å². The third kappa shape index (κ3) is 3.61. The molecule has 0 radical (unpaired) electrons. The van der Waals surface area contributed by atoms with E-state index in [4.69, 9.17) is 19.9 Å². The molecule has 4 heteroatoms. The van der Waals surface area contributed by atoms with Crippen molar-refractivity contribution in [3.63, 3.8) is 0 Å². The minimum absolute atomic E-state index is 0.107. The molecule has 1 atom stereocenters. The van der Waals surface area contributed by atoms with Gasteiger partial charge in [0.05, 0.1) is 19.3 Å². The maximum absolute atomic E-state index is 5.64. The molecule has 0 spiro atoms. The summed E-state index contributed by atoms with van der Waals surface area (Å²) < 4.78 is 16.3. The van der Waals surface area contributed by atoms with Crippen molar-refractivity contribution in [3.05, 3.63) is 23.8 Å². The molecular weight excluding hydrogens is 218 g/mol. The standard InChI is InChI=1S/C13H21NO3/c1-4-16-11-7-6-10(13(9-14)15-3)8-12(11)17-5-2/h6-8,13H,4-5,9,14H2,1-3H3. The van der Waals surface area contributed by atoms with Gasteiger partial charge in [0.1, 0.15) is 0 Å². The molecule has 2 N–H and O–H groups in total. The first-order chi connectivity index (χ1) is 8.26. The molecule has 0 bridgehead atoms. The van der Waals surface area contributed by atoms with Gasteiger partial charge in [-0.3, -0.25) is 0 Å². The fraction of sp³-hybridized carbons (Fsp3) is 0.538. The van der Waals surface area contributed by atoms with Gasteiger partial charge in [0.25, 0.3) is 0 Å². The molecule has 0 heterocycles. The van der Waals surface area contributed by atoms with E-state index in [2.05, 4.69) is 0 Å². The molecule has 0 aliphatic rings. The summed E-state index contributed by atoms with van der Waals surface area (Å²) in [6.07, 6.45) is -0.107. The van der Waals surface area contributed by atoms with Crippen molar-refractivity contribution in [1.82, 2.24) is 0 Å². The number of hydrogen-bond donors (Lipinski definition) is 1. The molecule has 4 nitrogen and oxygen atoms in total. The summed E-state index contributed by atoms with van der Waals surface area (Å²) in [7, 11) is 1.65. The smallest absolute Gasteiger partial charge is 0.161 e. The molecule has 17 heavy (non-hydrogen) atoms. The lowest BCUT2D eigenvalue weighted by Gasteiger charge is -2.16. The Balaban J connectivity index is 2.99. The Hall–Kier alpha value is -1.26. The highest BCUT2D eigenvalue weighted by Gasteiger charge is 2.12. The van der Waals surface area contributed by atoms with Crippen LogP contribution in [0.25, 0.3) is 0 Å². The lowest BCUT2D eigenvalue weighted by Crippen LogP contribution is -2.14. The SMILES string of the molecule is CCOc1ccc(C(CN)OC)cc1OCC. The van der Waals surface area contributed by atoms with Crippen LogP contribution in [0, 0.1) is 0 Å². The summed E-state index contributed by atoms with van der Waals surface area (Å²) >= 11 is 0. The number of hydrogen-bond acceptors (Lipinski definition) is 4. The van der Waals surface area contributed by atoms with Crippen molar-refractivity contribution in [2.75, 3.05) is 26.9 Å². The van der Waals surface area contributed by atoms with Gasteiger partial charge in [-0.25, -0.2) is 0 Å². The zero-order chi connectivity index (χ0) is 12.7. The molecule has 0 amide bonds. The van der Waals surface area contributed by atoms with Crippen molar-refractivity contribution in [2.24, 2.45) is 5.73 Å². The largest absolute Gasteiger partial charge is 0.490 e. The van der Waals surface area contributed by atoms with E-state index < -0.39 is 0 Å². The van der Waals surface area contributed by atoms with Crippen LogP contribution < -0.4 is 15.2 Å². The maximum atomic E-state index is 5.64. The van der Waals surface area contributed by atoms with Crippen LogP contribution in [0.15, 0.2) is 18.2 Å². The molecule has 1 unspecified atom stereocenters. The Labute approximate surface area is 103 Å². The summed E-state index contributed by atoms with van der Waals surface area (Å²) in [5.41, 5.74) is 6.64. The highest BCUT2D eigenvalue weighted by atomic mass is 16.5. The number of nitrogens with two attached hydrogens (primary N) is 1. The van der Waals surface area contributed by atoms with Gasteiger partial charge in [0.15, 0.2) is 11.5 Å². The van der Waals surface area contributed by atoms with E-state index in [0.29, 0.717) is 19.8 Å². The van der Waals surface area contributed by atoms with E-state index in [-0.39, 0.29) is 6.10 Å². The fourth-order valence-corrected chi connectivity index (χ4v) is 1.64. The average Bonchev–Trinajstić information content (AvgIpc) is 2.34. The zero-order valence-corrected chi connectivity index (χ0v) is 10.7. The second kappa shape index (κ2) is 7.14. The first-order valence-electron chi connectivity index (χ1n) is 5.89. The van der Waals surface area contributed by atoms with Gasteiger partial charge in [0, 0.05) is 13.7 Å². The molecule has 0 saturated heterocycles. The summed E-state index contributed by atoms with van der Waals surface area (Å²) in [5.74, 6) is 1.49. The first kappa shape index (κ1) is 13.8. The molecule has 1 rings (SSSR count). The van der Waals surface area contributed by atoms with Gasteiger partial charge in [-0.15, -0.1) is 0 Å². The van der Waals surface area contributed by atoms with Gasteiger partial charge in [-0.05, 0) is 31.5 Å². The van der Waals surface area contributed by atoms with E-state index in [1.807, 2.05) is 32.0 Å². The molecule has 1 aromatic rings. The van der Waals surface area contributed by atoms with E-state index in [9.17, 15) is 0 Å². The number of benzene rings is 1. The van der Waals surface area contributed by atoms with Crippen molar-refractivity contribution < 1.29 is 14.2 Å². The van der Waals surface area contributed by atoms with Gasteiger partial charge >= 0.3 is 0 Å². The monoisotopic (exact) mass is 239 g/mol. The van der Waals surface area contributed by atoms with E-state index in [1.165, 1.54) is 0 Å². The van der Waals surface area contributed by atoms with E-state index >= 15 is 0 Å². The molecule has 0 fully saturated rings. The van der Waals surface area contributed by atoms with Crippen LogP contribution in [0.1, 0.15) is 25.5 Å². The molecule has 0 saturated carbocycles. The normalized spacial score (nSPS) is 12.2. The lowest BCUT2D eigenvalue weighted by atomic mass is 10.1. The topological polar surface area (TPSA) is 53.7 Å². The average molecular weight is 239 g/mol. The Morgan fingerprint density at radius 2 is 1.76 bits per heavy atom. The van der Waals surface area contributed by atoms with Crippen molar-refractivity contribution in [3.8, 4) is 11.5 Å². The minimum Gasteiger partial charge on any atom is -0.490 e. The Bertz CT molecular complexity index is 337. The first-order valence-corrected chi connectivity index (χ1v) is 5.89. The summed E-state index contributed by atoms with van der Waals surface area (Å²) in [6, 6.07) is 5.77. The second-order valence-electron chi connectivity index (χ2n) is 3.53. The zero-order valence-electron chi connectivity index (χ0n) is 10.7. The number of methoxy groups -OCH3 is 1. The van der Waals surface area contributed by atoms with Crippen molar-refractivity contribution in [1.29, 1.82) is 0 Å². The second-order valence-corrected chi connectivity index (χ2v) is 3.53. The predicted molar refractivity (Wildman–Crippen MR) is 67.6 cm³/mol. The van der Waals surface area contributed by atoms with Crippen LogP contribution in [0.3, 0.4) is 0 Å². The maximum Gasteiger partial charge on any atom is 0.161 e. The van der Waals surface area contributed by atoms with Crippen LogP contribution in [-0.4, -0.2) is 26.9 Å². The van der Waals surface area contributed by atoms with Crippen LogP contribution in [-0.2, 0) is 4.74 Å². The molecule has 0 aromatic heterocycles. The van der Waals surface area contributed by atoms with E-state index in [0.717, 1.165) is 17.1 Å². The number of ether oxygens (including phenoxy) is 3. The summed E-state index contributed by atoms with van der Waals surface area (Å²) in [4.78, 5) is 0. The van der Waals surface area contributed by atoms with Gasteiger partial charge in [0.2, 0.25) is 0 Å². The van der Waals surface area contributed by atoms with Crippen LogP contribution in [0.4, 0.5) is 0 Å². The highest BCUT2D eigenvalue weighted by Crippen LogP contribution is 2.31. The van der Waals surface area contributed by atoms with Gasteiger partial charge < -0.3 is 19.9 Å². The Kier molecular flexibility index (Phi) is 5.80. The molecule has 1 aromatic carbocycles. The van der Waals surface area contributed by atoms with Crippen LogP contribution >= 0.6 is 0 Å². The molecular formula is C13H21NO3.